The minimum absolute atomic E-state index is 0.131. The van der Waals surface area contributed by atoms with Crippen LogP contribution in [0.25, 0.3) is 0 Å². The molecule has 0 heterocycles. The average molecular weight is 322 g/mol. The molecule has 0 saturated carbocycles. The van der Waals surface area contributed by atoms with E-state index in [4.69, 9.17) is 12.2 Å². The standard InChI is InChI=1S/C15H12F2N2O2S/c1-21-14(20)9-3-2-4-12(5-9)18-15(22)19-13-7-10(16)6-11(17)8-13/h2-8H,1H3,(H2,18,19,22). The van der Waals surface area contributed by atoms with Gasteiger partial charge in [-0.1, -0.05) is 6.07 Å². The van der Waals surface area contributed by atoms with E-state index >= 15 is 0 Å². The van der Waals surface area contributed by atoms with E-state index in [1.54, 1.807) is 24.3 Å². The fourth-order valence-electron chi connectivity index (χ4n) is 1.76. The van der Waals surface area contributed by atoms with Crippen molar-refractivity contribution in [2.45, 2.75) is 0 Å². The zero-order valence-corrected chi connectivity index (χ0v) is 12.3. The zero-order valence-electron chi connectivity index (χ0n) is 11.5. The summed E-state index contributed by atoms with van der Waals surface area (Å²) >= 11 is 5.06. The van der Waals surface area contributed by atoms with E-state index in [1.807, 2.05) is 0 Å². The van der Waals surface area contributed by atoms with E-state index in [1.165, 1.54) is 7.11 Å². The second kappa shape index (κ2) is 6.95. The first kappa shape index (κ1) is 15.8. The van der Waals surface area contributed by atoms with E-state index in [0.717, 1.165) is 18.2 Å². The van der Waals surface area contributed by atoms with Crippen molar-refractivity contribution in [3.05, 3.63) is 59.7 Å². The van der Waals surface area contributed by atoms with Gasteiger partial charge in [-0.05, 0) is 42.5 Å². The molecule has 0 aliphatic heterocycles. The second-order valence-electron chi connectivity index (χ2n) is 4.31. The van der Waals surface area contributed by atoms with Crippen LogP contribution >= 0.6 is 12.2 Å². The van der Waals surface area contributed by atoms with Crippen molar-refractivity contribution in [1.82, 2.24) is 0 Å². The Morgan fingerprint density at radius 2 is 1.68 bits per heavy atom. The zero-order chi connectivity index (χ0) is 16.1. The first-order chi connectivity index (χ1) is 10.5. The summed E-state index contributed by atoms with van der Waals surface area (Å²) in [6.07, 6.45) is 0. The molecule has 4 nitrogen and oxygen atoms in total. The molecule has 2 rings (SSSR count). The van der Waals surface area contributed by atoms with Crippen LogP contribution in [0.15, 0.2) is 42.5 Å². The van der Waals surface area contributed by atoms with Crippen LogP contribution in [0.1, 0.15) is 10.4 Å². The average Bonchev–Trinajstić information content (AvgIpc) is 2.45. The Kier molecular flexibility index (Phi) is 5.00. The van der Waals surface area contributed by atoms with Crippen molar-refractivity contribution in [2.24, 2.45) is 0 Å². The van der Waals surface area contributed by atoms with Crippen LogP contribution in [0.2, 0.25) is 0 Å². The van der Waals surface area contributed by atoms with Crippen molar-refractivity contribution >= 4 is 34.7 Å². The monoisotopic (exact) mass is 322 g/mol. The molecule has 0 amide bonds. The van der Waals surface area contributed by atoms with Crippen molar-refractivity contribution in [3.8, 4) is 0 Å². The number of esters is 1. The Bertz CT molecular complexity index is 702. The fourth-order valence-corrected chi connectivity index (χ4v) is 2.00. The minimum atomic E-state index is -0.710. The summed E-state index contributed by atoms with van der Waals surface area (Å²) in [6.45, 7) is 0. The lowest BCUT2D eigenvalue weighted by Gasteiger charge is -2.11. The van der Waals surface area contributed by atoms with Crippen LogP contribution in [0, 0.1) is 11.6 Å². The Morgan fingerprint density at radius 3 is 2.32 bits per heavy atom. The summed E-state index contributed by atoms with van der Waals surface area (Å²) in [5, 5.41) is 5.61. The Morgan fingerprint density at radius 1 is 1.05 bits per heavy atom. The van der Waals surface area contributed by atoms with Gasteiger partial charge in [0.2, 0.25) is 0 Å². The second-order valence-corrected chi connectivity index (χ2v) is 4.72. The molecular formula is C15H12F2N2O2S. The maximum Gasteiger partial charge on any atom is 0.337 e. The SMILES string of the molecule is COC(=O)c1cccc(NC(=S)Nc2cc(F)cc(F)c2)c1. The molecular weight excluding hydrogens is 310 g/mol. The lowest BCUT2D eigenvalue weighted by atomic mass is 10.2. The number of methoxy groups -OCH3 is 1. The molecule has 0 fully saturated rings. The maximum absolute atomic E-state index is 13.1. The number of hydrogen-bond acceptors (Lipinski definition) is 3. The number of carbonyl (C=O) groups is 1. The molecule has 0 aliphatic carbocycles. The third kappa shape index (κ3) is 4.23. The number of anilines is 2. The number of nitrogens with one attached hydrogen (secondary N) is 2. The van der Waals surface area contributed by atoms with E-state index in [2.05, 4.69) is 15.4 Å². The molecule has 0 bridgehead atoms. The van der Waals surface area contributed by atoms with E-state index in [9.17, 15) is 13.6 Å². The van der Waals surface area contributed by atoms with Crippen molar-refractivity contribution in [3.63, 3.8) is 0 Å². The van der Waals surface area contributed by atoms with Crippen LogP contribution in [0.4, 0.5) is 20.2 Å². The Labute approximate surface area is 131 Å². The number of carbonyl (C=O) groups excluding carboxylic acids is 1. The number of hydrogen-bond donors (Lipinski definition) is 2. The first-order valence-electron chi connectivity index (χ1n) is 6.20. The van der Waals surface area contributed by atoms with Gasteiger partial charge in [0.15, 0.2) is 5.11 Å². The van der Waals surface area contributed by atoms with Gasteiger partial charge in [-0.15, -0.1) is 0 Å². The predicted molar refractivity (Wildman–Crippen MR) is 84.0 cm³/mol. The van der Waals surface area contributed by atoms with Gasteiger partial charge in [-0.2, -0.15) is 0 Å². The highest BCUT2D eigenvalue weighted by atomic mass is 32.1. The first-order valence-corrected chi connectivity index (χ1v) is 6.61. The molecule has 0 saturated heterocycles. The molecule has 0 radical (unpaired) electrons. The van der Waals surface area contributed by atoms with Crippen LogP contribution in [0.3, 0.4) is 0 Å². The third-order valence-electron chi connectivity index (χ3n) is 2.66. The molecule has 0 unspecified atom stereocenters. The summed E-state index contributed by atoms with van der Waals surface area (Å²) in [7, 11) is 1.28. The van der Waals surface area contributed by atoms with Crippen LogP contribution in [-0.2, 0) is 4.74 Å². The number of benzene rings is 2. The van der Waals surface area contributed by atoms with Gasteiger partial charge >= 0.3 is 5.97 Å². The maximum atomic E-state index is 13.1. The molecule has 0 spiro atoms. The molecule has 22 heavy (non-hydrogen) atoms. The molecule has 0 atom stereocenters. The quantitative estimate of drug-likeness (QED) is 0.668. The van der Waals surface area contributed by atoms with Crippen LogP contribution in [-0.4, -0.2) is 18.2 Å². The highest BCUT2D eigenvalue weighted by molar-refractivity contribution is 7.80. The number of ether oxygens (including phenoxy) is 1. The van der Waals surface area contributed by atoms with Gasteiger partial charge in [0, 0.05) is 17.4 Å². The molecule has 2 aromatic carbocycles. The number of thiocarbonyl (C=S) groups is 1. The molecule has 0 aromatic heterocycles. The Balaban J connectivity index is 2.07. The number of halogens is 2. The van der Waals surface area contributed by atoms with Crippen molar-refractivity contribution in [2.75, 3.05) is 17.7 Å². The summed E-state index contributed by atoms with van der Waals surface area (Å²) in [6, 6.07) is 9.47. The van der Waals surface area contributed by atoms with Gasteiger partial charge < -0.3 is 15.4 Å². The Hall–Kier alpha value is -2.54. The van der Waals surface area contributed by atoms with E-state index in [-0.39, 0.29) is 10.8 Å². The van der Waals surface area contributed by atoms with Crippen molar-refractivity contribution < 1.29 is 18.3 Å². The lowest BCUT2D eigenvalue weighted by molar-refractivity contribution is 0.0601. The highest BCUT2D eigenvalue weighted by Gasteiger charge is 2.07. The summed E-state index contributed by atoms with van der Waals surface area (Å²) in [4.78, 5) is 11.4. The smallest absolute Gasteiger partial charge is 0.337 e. The normalized spacial score (nSPS) is 9.95. The predicted octanol–water partition coefficient (Wildman–Crippen LogP) is 3.56. The highest BCUT2D eigenvalue weighted by Crippen LogP contribution is 2.15. The van der Waals surface area contributed by atoms with Gasteiger partial charge in [-0.3, -0.25) is 0 Å². The summed E-state index contributed by atoms with van der Waals surface area (Å²) in [5.41, 5.74) is 1.07. The van der Waals surface area contributed by atoms with E-state index < -0.39 is 17.6 Å². The molecule has 0 aliphatic rings. The number of rotatable bonds is 3. The third-order valence-corrected chi connectivity index (χ3v) is 2.87. The molecule has 114 valence electrons. The molecule has 2 aromatic rings. The fraction of sp³-hybridized carbons (Fsp3) is 0.0667. The summed E-state index contributed by atoms with van der Waals surface area (Å²) < 4.78 is 30.8. The van der Waals surface area contributed by atoms with Crippen LogP contribution < -0.4 is 10.6 Å². The summed E-state index contributed by atoms with van der Waals surface area (Å²) in [5.74, 6) is -1.90. The van der Waals surface area contributed by atoms with Gasteiger partial charge in [-0.25, -0.2) is 13.6 Å². The largest absolute Gasteiger partial charge is 0.465 e. The van der Waals surface area contributed by atoms with Crippen LogP contribution in [0.5, 0.6) is 0 Å². The lowest BCUT2D eigenvalue weighted by Crippen LogP contribution is -2.19. The van der Waals surface area contributed by atoms with E-state index in [0.29, 0.717) is 11.3 Å². The van der Waals surface area contributed by atoms with Crippen molar-refractivity contribution in [1.29, 1.82) is 0 Å². The van der Waals surface area contributed by atoms with Gasteiger partial charge in [0.1, 0.15) is 11.6 Å². The topological polar surface area (TPSA) is 50.4 Å². The minimum Gasteiger partial charge on any atom is -0.465 e. The van der Waals surface area contributed by atoms with Gasteiger partial charge in [0.25, 0.3) is 0 Å². The molecule has 2 N–H and O–H groups in total. The van der Waals surface area contributed by atoms with Gasteiger partial charge in [0.05, 0.1) is 12.7 Å². The molecule has 7 heteroatoms.